The number of piperidine rings is 1. The first-order chi connectivity index (χ1) is 13.5. The lowest BCUT2D eigenvalue weighted by Crippen LogP contribution is -2.55. The molecule has 1 heterocycles. The lowest BCUT2D eigenvalue weighted by molar-refractivity contribution is -0.125. The summed E-state index contributed by atoms with van der Waals surface area (Å²) in [6.45, 7) is 1.68. The van der Waals surface area contributed by atoms with Crippen LogP contribution in [0, 0.1) is 0 Å². The fourth-order valence-electron chi connectivity index (χ4n) is 4.74. The zero-order chi connectivity index (χ0) is 20.0. The molecule has 154 valence electrons. The summed E-state index contributed by atoms with van der Waals surface area (Å²) in [6, 6.07) is 9.54. The van der Waals surface area contributed by atoms with E-state index in [4.69, 9.17) is 5.11 Å². The number of rotatable bonds is 6. The first-order valence-electron chi connectivity index (χ1n) is 10.3. The van der Waals surface area contributed by atoms with E-state index in [1.54, 1.807) is 0 Å². The summed E-state index contributed by atoms with van der Waals surface area (Å²) < 4.78 is 0. The molecule has 0 spiro atoms. The number of benzene rings is 1. The molecule has 1 aliphatic heterocycles. The lowest BCUT2D eigenvalue weighted by Gasteiger charge is -2.50. The van der Waals surface area contributed by atoms with Gasteiger partial charge in [0, 0.05) is 11.6 Å². The summed E-state index contributed by atoms with van der Waals surface area (Å²) in [5.74, 6) is -0.458. The van der Waals surface area contributed by atoms with Crippen molar-refractivity contribution in [2.45, 2.75) is 62.6 Å². The number of carbonyl (C=O) groups is 2. The highest BCUT2D eigenvalue weighted by atomic mass is 16.4. The van der Waals surface area contributed by atoms with Crippen molar-refractivity contribution >= 4 is 12.0 Å². The number of hydrogen-bond donors (Lipinski definition) is 4. The molecule has 7 heteroatoms. The van der Waals surface area contributed by atoms with E-state index >= 15 is 0 Å². The van der Waals surface area contributed by atoms with Crippen molar-refractivity contribution in [3.05, 3.63) is 35.9 Å². The summed E-state index contributed by atoms with van der Waals surface area (Å²) in [4.78, 5) is 25.7. The van der Waals surface area contributed by atoms with Gasteiger partial charge in [0.25, 0.3) is 0 Å². The summed E-state index contributed by atoms with van der Waals surface area (Å²) in [5, 5.41) is 23.1. The molecule has 1 atom stereocenters. The minimum atomic E-state index is -1.31. The van der Waals surface area contributed by atoms with E-state index in [2.05, 4.69) is 39.8 Å². The quantitative estimate of drug-likeness (QED) is 0.596. The molecule has 0 radical (unpaired) electrons. The van der Waals surface area contributed by atoms with Gasteiger partial charge in [-0.25, -0.2) is 4.79 Å². The van der Waals surface area contributed by atoms with E-state index < -0.39 is 24.6 Å². The molecule has 3 rings (SSSR count). The van der Waals surface area contributed by atoms with Crippen LogP contribution < -0.4 is 10.6 Å². The molecule has 0 bridgehead atoms. The minimum Gasteiger partial charge on any atom is -0.465 e. The van der Waals surface area contributed by atoms with Crippen molar-refractivity contribution in [1.29, 1.82) is 0 Å². The summed E-state index contributed by atoms with van der Waals surface area (Å²) >= 11 is 0. The molecule has 2 aliphatic rings. The molecular weight excluding hydrogens is 358 g/mol. The second-order valence-electron chi connectivity index (χ2n) is 7.91. The molecule has 1 aromatic carbocycles. The minimum absolute atomic E-state index is 0.00114. The predicted molar refractivity (Wildman–Crippen MR) is 106 cm³/mol. The van der Waals surface area contributed by atoms with Crippen LogP contribution >= 0.6 is 0 Å². The largest absolute Gasteiger partial charge is 0.465 e. The third kappa shape index (κ3) is 4.64. The monoisotopic (exact) mass is 389 g/mol. The number of nitrogens with one attached hydrogen (secondary N) is 2. The average molecular weight is 389 g/mol. The Balaban J connectivity index is 1.67. The third-order valence-electron chi connectivity index (χ3n) is 6.23. The summed E-state index contributed by atoms with van der Waals surface area (Å²) in [5.41, 5.74) is 1.36. The Labute approximate surface area is 166 Å². The fourth-order valence-corrected chi connectivity index (χ4v) is 4.74. The molecular formula is C21H31N3O4. The number of carbonyl (C=O) groups excluding carboxylic acids is 1. The Morgan fingerprint density at radius 1 is 1.11 bits per heavy atom. The molecule has 0 aromatic heterocycles. The van der Waals surface area contributed by atoms with E-state index in [9.17, 15) is 14.7 Å². The summed E-state index contributed by atoms with van der Waals surface area (Å²) in [7, 11) is 0. The van der Waals surface area contributed by atoms with E-state index in [0.717, 1.165) is 38.8 Å². The van der Waals surface area contributed by atoms with Crippen molar-refractivity contribution < 1.29 is 19.8 Å². The topological polar surface area (TPSA) is 102 Å². The fraction of sp³-hybridized carbons (Fsp3) is 0.619. The van der Waals surface area contributed by atoms with Crippen LogP contribution in [0.1, 0.15) is 50.5 Å². The molecule has 2 fully saturated rings. The average Bonchev–Trinajstić information content (AvgIpc) is 2.73. The van der Waals surface area contributed by atoms with Crippen molar-refractivity contribution in [2.24, 2.45) is 0 Å². The van der Waals surface area contributed by atoms with Crippen molar-refractivity contribution in [3.8, 4) is 0 Å². The molecule has 4 N–H and O–H groups in total. The normalized spacial score (nSPS) is 27.0. The van der Waals surface area contributed by atoms with E-state index in [0.29, 0.717) is 0 Å². The zero-order valence-electron chi connectivity index (χ0n) is 16.3. The van der Waals surface area contributed by atoms with Crippen LogP contribution in [0.5, 0.6) is 0 Å². The van der Waals surface area contributed by atoms with Crippen molar-refractivity contribution in [3.63, 3.8) is 0 Å². The molecule has 1 unspecified atom stereocenters. The molecule has 1 aromatic rings. The van der Waals surface area contributed by atoms with E-state index in [1.807, 2.05) is 6.07 Å². The molecule has 7 nitrogen and oxygen atoms in total. The van der Waals surface area contributed by atoms with Crippen molar-refractivity contribution in [1.82, 2.24) is 15.5 Å². The van der Waals surface area contributed by atoms with Crippen LogP contribution in [-0.2, 0) is 10.3 Å². The Morgan fingerprint density at radius 2 is 1.75 bits per heavy atom. The highest BCUT2D eigenvalue weighted by molar-refractivity contribution is 5.85. The maximum Gasteiger partial charge on any atom is 0.405 e. The molecule has 1 saturated carbocycles. The van der Waals surface area contributed by atoms with Crippen LogP contribution in [0.25, 0.3) is 0 Å². The van der Waals surface area contributed by atoms with Gasteiger partial charge in [-0.05, 0) is 57.2 Å². The van der Waals surface area contributed by atoms with Gasteiger partial charge in [-0.2, -0.15) is 0 Å². The first-order valence-corrected chi connectivity index (χ1v) is 10.3. The van der Waals surface area contributed by atoms with E-state index in [1.165, 1.54) is 24.8 Å². The molecule has 1 aliphatic carbocycles. The Morgan fingerprint density at radius 3 is 2.32 bits per heavy atom. The van der Waals surface area contributed by atoms with E-state index in [-0.39, 0.29) is 11.6 Å². The van der Waals surface area contributed by atoms with Gasteiger partial charge in [0.2, 0.25) is 5.91 Å². The number of aliphatic hydroxyl groups excluding tert-OH is 1. The third-order valence-corrected chi connectivity index (χ3v) is 6.23. The first kappa shape index (κ1) is 20.6. The Bertz CT molecular complexity index is 653. The number of nitrogens with zero attached hydrogens (tertiary/aromatic N) is 1. The number of carboxylic acid groups (broad SMARTS) is 1. The maximum absolute atomic E-state index is 12.3. The van der Waals surface area contributed by atoms with Crippen LogP contribution in [0.4, 0.5) is 4.79 Å². The zero-order valence-corrected chi connectivity index (χ0v) is 16.3. The van der Waals surface area contributed by atoms with Gasteiger partial charge in [-0.15, -0.1) is 0 Å². The lowest BCUT2D eigenvalue weighted by atomic mass is 9.73. The van der Waals surface area contributed by atoms with Gasteiger partial charge in [0.15, 0.2) is 0 Å². The van der Waals surface area contributed by atoms with Crippen LogP contribution in [-0.4, -0.2) is 58.9 Å². The Kier molecular flexibility index (Phi) is 6.91. The number of amides is 2. The highest BCUT2D eigenvalue weighted by Gasteiger charge is 2.42. The standard InChI is InChI=1S/C21H31N3O4/c25-15-18(23-20(27)28)19(26)22-17-9-11-21(12-10-17,16-7-3-1-4-8-16)24-13-5-2-6-14-24/h1,3-4,7-8,17-18,23,25H,2,5-6,9-15H2,(H,22,26)(H,27,28). The number of likely N-dealkylation sites (tertiary alicyclic amines) is 1. The molecule has 1 saturated heterocycles. The van der Waals surface area contributed by atoms with Crippen LogP contribution in [0.3, 0.4) is 0 Å². The van der Waals surface area contributed by atoms with Gasteiger partial charge < -0.3 is 20.8 Å². The van der Waals surface area contributed by atoms with Gasteiger partial charge in [0.1, 0.15) is 6.04 Å². The van der Waals surface area contributed by atoms with Crippen LogP contribution in [0.2, 0.25) is 0 Å². The number of aliphatic hydroxyl groups is 1. The van der Waals surface area contributed by atoms with Crippen molar-refractivity contribution in [2.75, 3.05) is 19.7 Å². The van der Waals surface area contributed by atoms with Crippen LogP contribution in [0.15, 0.2) is 30.3 Å². The second-order valence-corrected chi connectivity index (χ2v) is 7.91. The van der Waals surface area contributed by atoms with Gasteiger partial charge >= 0.3 is 6.09 Å². The molecule has 2 amide bonds. The smallest absolute Gasteiger partial charge is 0.405 e. The second kappa shape index (κ2) is 9.39. The summed E-state index contributed by atoms with van der Waals surface area (Å²) in [6.07, 6.45) is 6.02. The number of hydrogen-bond acceptors (Lipinski definition) is 4. The SMILES string of the molecule is O=C(O)NC(CO)C(=O)NC1CCC(c2ccccc2)(N2CCCCC2)CC1. The predicted octanol–water partition coefficient (Wildman–Crippen LogP) is 2.06. The highest BCUT2D eigenvalue weighted by Crippen LogP contribution is 2.43. The molecule has 28 heavy (non-hydrogen) atoms. The Hall–Kier alpha value is -2.12. The van der Waals surface area contributed by atoms with Gasteiger partial charge in [-0.3, -0.25) is 9.69 Å². The maximum atomic E-state index is 12.3. The van der Waals surface area contributed by atoms with Gasteiger partial charge in [0.05, 0.1) is 6.61 Å². The van der Waals surface area contributed by atoms with Gasteiger partial charge in [-0.1, -0.05) is 36.8 Å².